The van der Waals surface area contributed by atoms with Crippen molar-refractivity contribution in [2.75, 3.05) is 5.32 Å². The second-order valence-corrected chi connectivity index (χ2v) is 4.05. The Balaban J connectivity index is 2.10. The van der Waals surface area contributed by atoms with Crippen molar-refractivity contribution in [3.05, 3.63) is 46.8 Å². The Kier molecular flexibility index (Phi) is 2.95. The summed E-state index contributed by atoms with van der Waals surface area (Å²) >= 11 is 0. The summed E-state index contributed by atoms with van der Waals surface area (Å²) in [5.74, 6) is 0.846. The summed E-state index contributed by atoms with van der Waals surface area (Å²) in [6, 6.07) is 8.21. The van der Waals surface area contributed by atoms with E-state index in [0.29, 0.717) is 6.54 Å². The summed E-state index contributed by atoms with van der Waals surface area (Å²) in [4.78, 5) is 0. The third kappa shape index (κ3) is 2.24. The van der Waals surface area contributed by atoms with Crippen LogP contribution in [0.25, 0.3) is 0 Å². The Bertz CT molecular complexity index is 468. The van der Waals surface area contributed by atoms with E-state index in [1.165, 1.54) is 16.8 Å². The van der Waals surface area contributed by atoms with E-state index in [9.17, 15) is 0 Å². The molecule has 0 aliphatic heterocycles. The second kappa shape index (κ2) is 4.39. The fraction of sp³-hybridized carbons (Fsp3) is 0.308. The van der Waals surface area contributed by atoms with Crippen LogP contribution < -0.4 is 5.32 Å². The zero-order valence-electron chi connectivity index (χ0n) is 9.87. The molecule has 0 fully saturated rings. The first-order valence-electron chi connectivity index (χ1n) is 5.39. The van der Waals surface area contributed by atoms with Crippen LogP contribution in [-0.2, 0) is 6.54 Å². The van der Waals surface area contributed by atoms with Gasteiger partial charge in [-0.25, -0.2) is 0 Å². The molecule has 1 aromatic heterocycles. The van der Waals surface area contributed by atoms with Crippen LogP contribution in [0.4, 0.5) is 5.69 Å². The first kappa shape index (κ1) is 10.7. The number of para-hydroxylation sites is 1. The van der Waals surface area contributed by atoms with Gasteiger partial charge in [0.25, 0.3) is 0 Å². The standard InChI is InChI=1S/C13H16N2O/c1-9-5-4-6-10(2)13(9)14-8-12-7-11(3)16-15-12/h4-7,14H,8H2,1-3H3. The molecule has 1 N–H and O–H groups in total. The summed E-state index contributed by atoms with van der Waals surface area (Å²) < 4.78 is 5.02. The van der Waals surface area contributed by atoms with Gasteiger partial charge in [-0.3, -0.25) is 0 Å². The van der Waals surface area contributed by atoms with Crippen molar-refractivity contribution in [3.63, 3.8) is 0 Å². The average Bonchev–Trinajstić information content (AvgIpc) is 2.63. The number of nitrogens with one attached hydrogen (secondary N) is 1. The SMILES string of the molecule is Cc1cc(CNc2c(C)cccc2C)no1. The minimum absolute atomic E-state index is 0.697. The molecular weight excluding hydrogens is 200 g/mol. The highest BCUT2D eigenvalue weighted by Gasteiger charge is 2.03. The van der Waals surface area contributed by atoms with E-state index in [4.69, 9.17) is 4.52 Å². The molecule has 0 radical (unpaired) electrons. The highest BCUT2D eigenvalue weighted by molar-refractivity contribution is 5.56. The van der Waals surface area contributed by atoms with Crippen LogP contribution in [-0.4, -0.2) is 5.16 Å². The highest BCUT2D eigenvalue weighted by Crippen LogP contribution is 2.20. The van der Waals surface area contributed by atoms with Crippen molar-refractivity contribution in [1.82, 2.24) is 5.16 Å². The molecule has 2 rings (SSSR count). The van der Waals surface area contributed by atoms with Gasteiger partial charge in [0, 0.05) is 11.8 Å². The number of rotatable bonds is 3. The van der Waals surface area contributed by atoms with E-state index in [-0.39, 0.29) is 0 Å². The Morgan fingerprint density at radius 3 is 2.44 bits per heavy atom. The van der Waals surface area contributed by atoms with Gasteiger partial charge in [-0.1, -0.05) is 23.4 Å². The van der Waals surface area contributed by atoms with Crippen molar-refractivity contribution in [1.29, 1.82) is 0 Å². The van der Waals surface area contributed by atoms with E-state index in [0.717, 1.165) is 11.5 Å². The predicted octanol–water partition coefficient (Wildman–Crippen LogP) is 3.21. The molecule has 3 heteroatoms. The Morgan fingerprint density at radius 2 is 1.88 bits per heavy atom. The number of benzene rings is 1. The largest absolute Gasteiger partial charge is 0.379 e. The van der Waals surface area contributed by atoms with Crippen molar-refractivity contribution in [2.24, 2.45) is 0 Å². The maximum absolute atomic E-state index is 5.02. The molecule has 0 aliphatic carbocycles. The van der Waals surface area contributed by atoms with E-state index in [1.807, 2.05) is 13.0 Å². The second-order valence-electron chi connectivity index (χ2n) is 4.05. The van der Waals surface area contributed by atoms with Crippen LogP contribution in [0.5, 0.6) is 0 Å². The summed E-state index contributed by atoms with van der Waals surface area (Å²) in [5.41, 5.74) is 4.61. The maximum Gasteiger partial charge on any atom is 0.133 e. The van der Waals surface area contributed by atoms with Crippen molar-refractivity contribution in [3.8, 4) is 0 Å². The summed E-state index contributed by atoms with van der Waals surface area (Å²) in [6.45, 7) is 6.80. The zero-order valence-corrected chi connectivity index (χ0v) is 9.87. The van der Waals surface area contributed by atoms with Crippen LogP contribution >= 0.6 is 0 Å². The van der Waals surface area contributed by atoms with Gasteiger partial charge in [0.1, 0.15) is 11.5 Å². The van der Waals surface area contributed by atoms with E-state index < -0.39 is 0 Å². The Labute approximate surface area is 95.5 Å². The van der Waals surface area contributed by atoms with Crippen LogP contribution in [0.1, 0.15) is 22.6 Å². The van der Waals surface area contributed by atoms with Gasteiger partial charge >= 0.3 is 0 Å². The molecule has 0 saturated carbocycles. The topological polar surface area (TPSA) is 38.1 Å². The molecule has 0 aliphatic rings. The van der Waals surface area contributed by atoms with Crippen LogP contribution in [0.15, 0.2) is 28.8 Å². The molecule has 0 amide bonds. The maximum atomic E-state index is 5.02. The lowest BCUT2D eigenvalue weighted by Gasteiger charge is -2.10. The summed E-state index contributed by atoms with van der Waals surface area (Å²) in [6.07, 6.45) is 0. The molecule has 0 spiro atoms. The molecular formula is C13H16N2O. The predicted molar refractivity (Wildman–Crippen MR) is 64.5 cm³/mol. The molecule has 0 unspecified atom stereocenters. The van der Waals surface area contributed by atoms with Crippen molar-refractivity contribution in [2.45, 2.75) is 27.3 Å². The summed E-state index contributed by atoms with van der Waals surface area (Å²) in [7, 11) is 0. The quantitative estimate of drug-likeness (QED) is 0.856. The normalized spacial score (nSPS) is 10.4. The molecule has 0 saturated heterocycles. The van der Waals surface area contributed by atoms with Crippen molar-refractivity contribution >= 4 is 5.69 Å². The fourth-order valence-corrected chi connectivity index (χ4v) is 1.77. The minimum atomic E-state index is 0.697. The Morgan fingerprint density at radius 1 is 1.19 bits per heavy atom. The molecule has 16 heavy (non-hydrogen) atoms. The fourth-order valence-electron chi connectivity index (χ4n) is 1.77. The van der Waals surface area contributed by atoms with E-state index >= 15 is 0 Å². The van der Waals surface area contributed by atoms with Crippen LogP contribution in [0, 0.1) is 20.8 Å². The molecule has 1 heterocycles. The van der Waals surface area contributed by atoms with Gasteiger partial charge in [-0.15, -0.1) is 0 Å². The number of aromatic nitrogens is 1. The zero-order chi connectivity index (χ0) is 11.5. The first-order valence-corrected chi connectivity index (χ1v) is 5.39. The van der Waals surface area contributed by atoms with Gasteiger partial charge in [0.15, 0.2) is 0 Å². The number of hydrogen-bond acceptors (Lipinski definition) is 3. The molecule has 0 atom stereocenters. The molecule has 2 aromatic rings. The first-order chi connectivity index (χ1) is 7.66. The van der Waals surface area contributed by atoms with Crippen molar-refractivity contribution < 1.29 is 4.52 Å². The molecule has 84 valence electrons. The van der Waals surface area contributed by atoms with Gasteiger partial charge in [-0.05, 0) is 31.9 Å². The van der Waals surface area contributed by atoms with E-state index in [2.05, 4.69) is 42.5 Å². The third-order valence-electron chi connectivity index (χ3n) is 2.60. The lowest BCUT2D eigenvalue weighted by atomic mass is 10.1. The average molecular weight is 216 g/mol. The van der Waals surface area contributed by atoms with Gasteiger partial charge in [0.05, 0.1) is 6.54 Å². The van der Waals surface area contributed by atoms with Crippen LogP contribution in [0.2, 0.25) is 0 Å². The lowest BCUT2D eigenvalue weighted by Crippen LogP contribution is -2.02. The monoisotopic (exact) mass is 216 g/mol. The molecule has 1 aromatic carbocycles. The Hall–Kier alpha value is -1.77. The minimum Gasteiger partial charge on any atom is -0.379 e. The van der Waals surface area contributed by atoms with E-state index in [1.54, 1.807) is 0 Å². The number of nitrogens with zero attached hydrogens (tertiary/aromatic N) is 1. The lowest BCUT2D eigenvalue weighted by molar-refractivity contribution is 0.391. The van der Waals surface area contributed by atoms with Gasteiger partial charge in [0.2, 0.25) is 0 Å². The molecule has 3 nitrogen and oxygen atoms in total. The van der Waals surface area contributed by atoms with Gasteiger partial charge < -0.3 is 9.84 Å². The number of hydrogen-bond donors (Lipinski definition) is 1. The van der Waals surface area contributed by atoms with Crippen LogP contribution in [0.3, 0.4) is 0 Å². The highest BCUT2D eigenvalue weighted by atomic mass is 16.5. The molecule has 0 bridgehead atoms. The smallest absolute Gasteiger partial charge is 0.133 e. The van der Waals surface area contributed by atoms with Gasteiger partial charge in [-0.2, -0.15) is 0 Å². The third-order valence-corrected chi connectivity index (χ3v) is 2.60. The number of anilines is 1. The number of aryl methyl sites for hydroxylation is 3. The summed E-state index contributed by atoms with van der Waals surface area (Å²) in [5, 5.41) is 7.34.